The molecule has 1 N–H and O–H groups in total. The summed E-state index contributed by atoms with van der Waals surface area (Å²) >= 11 is 1.54. The van der Waals surface area contributed by atoms with Crippen LogP contribution >= 0.6 is 11.8 Å². The van der Waals surface area contributed by atoms with Crippen molar-refractivity contribution in [2.24, 2.45) is 0 Å². The van der Waals surface area contributed by atoms with E-state index in [-0.39, 0.29) is 17.6 Å². The van der Waals surface area contributed by atoms with Crippen molar-refractivity contribution < 1.29 is 18.7 Å². The summed E-state index contributed by atoms with van der Waals surface area (Å²) < 4.78 is 10.6. The molecule has 0 radical (unpaired) electrons. The number of anilines is 1. The molecule has 7 heteroatoms. The summed E-state index contributed by atoms with van der Waals surface area (Å²) in [4.78, 5) is 27.1. The van der Waals surface area contributed by atoms with Crippen molar-refractivity contribution in [3.8, 4) is 0 Å². The number of furan rings is 1. The summed E-state index contributed by atoms with van der Waals surface area (Å²) in [6.07, 6.45) is 0.743. The largest absolute Gasteiger partial charge is 0.454 e. The van der Waals surface area contributed by atoms with Gasteiger partial charge in [0, 0.05) is 25.2 Å². The number of nitrogens with zero attached hydrogens (tertiary/aromatic N) is 1. The Balaban J connectivity index is 1.65. The van der Waals surface area contributed by atoms with Crippen LogP contribution in [0, 0.1) is 0 Å². The average Bonchev–Trinajstić information content (AvgIpc) is 3.10. The van der Waals surface area contributed by atoms with Crippen molar-refractivity contribution in [1.29, 1.82) is 0 Å². The number of ether oxygens (including phenoxy) is 1. The molecule has 0 saturated carbocycles. The molecule has 1 aliphatic heterocycles. The number of hydrogen-bond donors (Lipinski definition) is 1. The molecule has 3 rings (SSSR count). The molecule has 2 amide bonds. The Morgan fingerprint density at radius 1 is 1.32 bits per heavy atom. The van der Waals surface area contributed by atoms with Crippen LogP contribution in [0.4, 0.5) is 5.69 Å². The Kier molecular flexibility index (Phi) is 5.78. The van der Waals surface area contributed by atoms with Gasteiger partial charge in [-0.3, -0.25) is 9.59 Å². The van der Waals surface area contributed by atoms with E-state index in [1.54, 1.807) is 24.1 Å². The van der Waals surface area contributed by atoms with Gasteiger partial charge >= 0.3 is 0 Å². The Morgan fingerprint density at radius 3 is 3.00 bits per heavy atom. The molecule has 0 unspecified atom stereocenters. The summed E-state index contributed by atoms with van der Waals surface area (Å²) in [5, 5.41) is 2.78. The standard InChI is InChI=1S/C18H20N2O4S/c1-23-10-4-9-19-18(22)15-8-7-13(24-15)11-20-14-5-2-3-6-16(14)25-12-17(20)21/h2-3,5-8H,4,9-12H2,1H3,(H,19,22). The summed E-state index contributed by atoms with van der Waals surface area (Å²) in [6, 6.07) is 11.2. The van der Waals surface area contributed by atoms with E-state index in [9.17, 15) is 9.59 Å². The zero-order valence-corrected chi connectivity index (χ0v) is 14.8. The highest BCUT2D eigenvalue weighted by atomic mass is 32.2. The molecule has 0 bridgehead atoms. The lowest BCUT2D eigenvalue weighted by Crippen LogP contribution is -2.34. The van der Waals surface area contributed by atoms with Gasteiger partial charge in [0.15, 0.2) is 5.76 Å². The predicted octanol–water partition coefficient (Wildman–Crippen LogP) is 2.68. The van der Waals surface area contributed by atoms with Crippen LogP contribution in [0.5, 0.6) is 0 Å². The smallest absolute Gasteiger partial charge is 0.286 e. The average molecular weight is 360 g/mol. The molecule has 6 nitrogen and oxygen atoms in total. The van der Waals surface area contributed by atoms with Crippen molar-refractivity contribution in [2.75, 3.05) is 30.9 Å². The molecule has 0 spiro atoms. The van der Waals surface area contributed by atoms with E-state index in [2.05, 4.69) is 5.32 Å². The van der Waals surface area contributed by atoms with Crippen LogP contribution in [0.3, 0.4) is 0 Å². The van der Waals surface area contributed by atoms with Gasteiger partial charge in [-0.2, -0.15) is 0 Å². The maximum Gasteiger partial charge on any atom is 0.286 e. The molecule has 25 heavy (non-hydrogen) atoms. The van der Waals surface area contributed by atoms with Crippen molar-refractivity contribution in [2.45, 2.75) is 17.9 Å². The number of benzene rings is 1. The highest BCUT2D eigenvalue weighted by Gasteiger charge is 2.25. The molecule has 0 fully saturated rings. The minimum absolute atomic E-state index is 0.0330. The molecular formula is C18H20N2O4S. The second-order valence-electron chi connectivity index (χ2n) is 5.60. The second kappa shape index (κ2) is 8.22. The van der Waals surface area contributed by atoms with Gasteiger partial charge in [0.1, 0.15) is 5.76 Å². The number of carbonyl (C=O) groups excluding carboxylic acids is 2. The lowest BCUT2D eigenvalue weighted by atomic mass is 10.2. The van der Waals surface area contributed by atoms with Gasteiger partial charge in [-0.25, -0.2) is 0 Å². The van der Waals surface area contributed by atoms with E-state index < -0.39 is 0 Å². The van der Waals surface area contributed by atoms with E-state index >= 15 is 0 Å². The number of para-hydroxylation sites is 1. The van der Waals surface area contributed by atoms with E-state index in [0.29, 0.717) is 31.2 Å². The molecule has 2 heterocycles. The van der Waals surface area contributed by atoms with Crippen LogP contribution in [0.25, 0.3) is 0 Å². The Hall–Kier alpha value is -2.25. The highest BCUT2D eigenvalue weighted by molar-refractivity contribution is 8.00. The van der Waals surface area contributed by atoms with Crippen molar-refractivity contribution in [3.63, 3.8) is 0 Å². The molecule has 1 aliphatic rings. The zero-order valence-electron chi connectivity index (χ0n) is 14.0. The van der Waals surface area contributed by atoms with E-state index in [0.717, 1.165) is 17.0 Å². The van der Waals surface area contributed by atoms with Crippen LogP contribution in [0.15, 0.2) is 45.7 Å². The number of hydrogen-bond acceptors (Lipinski definition) is 5. The summed E-state index contributed by atoms with van der Waals surface area (Å²) in [5.74, 6) is 1.01. The summed E-state index contributed by atoms with van der Waals surface area (Å²) in [7, 11) is 1.62. The third-order valence-corrected chi connectivity index (χ3v) is 4.87. The fourth-order valence-corrected chi connectivity index (χ4v) is 3.51. The van der Waals surface area contributed by atoms with E-state index in [4.69, 9.17) is 9.15 Å². The number of amides is 2. The molecule has 132 valence electrons. The predicted molar refractivity (Wildman–Crippen MR) is 95.9 cm³/mol. The van der Waals surface area contributed by atoms with Gasteiger partial charge in [-0.1, -0.05) is 12.1 Å². The first-order valence-corrected chi connectivity index (χ1v) is 9.05. The quantitative estimate of drug-likeness (QED) is 0.769. The number of methoxy groups -OCH3 is 1. The molecule has 1 aromatic heterocycles. The Bertz CT molecular complexity index is 759. The van der Waals surface area contributed by atoms with Crippen molar-refractivity contribution >= 4 is 29.3 Å². The van der Waals surface area contributed by atoms with Gasteiger partial charge < -0.3 is 19.4 Å². The highest BCUT2D eigenvalue weighted by Crippen LogP contribution is 2.35. The number of thioether (sulfide) groups is 1. The molecule has 0 saturated heterocycles. The number of fused-ring (bicyclic) bond motifs is 1. The van der Waals surface area contributed by atoms with Gasteiger partial charge in [0.05, 0.1) is 18.0 Å². The monoisotopic (exact) mass is 360 g/mol. The molecule has 0 atom stereocenters. The lowest BCUT2D eigenvalue weighted by Gasteiger charge is -2.28. The maximum absolute atomic E-state index is 12.3. The summed E-state index contributed by atoms with van der Waals surface area (Å²) in [6.45, 7) is 1.43. The first-order valence-electron chi connectivity index (χ1n) is 8.07. The zero-order chi connectivity index (χ0) is 17.6. The Morgan fingerprint density at radius 2 is 2.16 bits per heavy atom. The van der Waals surface area contributed by atoms with Gasteiger partial charge in [0.2, 0.25) is 5.91 Å². The first kappa shape index (κ1) is 17.6. The number of rotatable bonds is 7. The number of carbonyl (C=O) groups is 2. The van der Waals surface area contributed by atoms with E-state index in [1.165, 1.54) is 11.8 Å². The molecular weight excluding hydrogens is 340 g/mol. The van der Waals surface area contributed by atoms with Gasteiger partial charge in [0.25, 0.3) is 5.91 Å². The topological polar surface area (TPSA) is 71.8 Å². The van der Waals surface area contributed by atoms with Crippen molar-refractivity contribution in [3.05, 3.63) is 47.9 Å². The molecule has 1 aromatic carbocycles. The van der Waals surface area contributed by atoms with Crippen molar-refractivity contribution in [1.82, 2.24) is 5.32 Å². The van der Waals surface area contributed by atoms with E-state index in [1.807, 2.05) is 24.3 Å². The minimum Gasteiger partial charge on any atom is -0.454 e. The van der Waals surface area contributed by atoms with Gasteiger partial charge in [-0.15, -0.1) is 11.8 Å². The van der Waals surface area contributed by atoms with Crippen LogP contribution in [0.2, 0.25) is 0 Å². The molecule has 0 aliphatic carbocycles. The van der Waals surface area contributed by atoms with Crippen LogP contribution < -0.4 is 10.2 Å². The van der Waals surface area contributed by atoms with Gasteiger partial charge in [-0.05, 0) is 30.7 Å². The fourth-order valence-electron chi connectivity index (χ4n) is 2.57. The Labute approximate surface area is 150 Å². The normalized spacial score (nSPS) is 13.6. The SMILES string of the molecule is COCCCNC(=O)c1ccc(CN2C(=O)CSc3ccccc32)o1. The fraction of sp³-hybridized carbons (Fsp3) is 0.333. The summed E-state index contributed by atoms with van der Waals surface area (Å²) in [5.41, 5.74) is 0.880. The third kappa shape index (κ3) is 4.24. The second-order valence-corrected chi connectivity index (χ2v) is 6.62. The third-order valence-electron chi connectivity index (χ3n) is 3.82. The first-order chi connectivity index (χ1) is 12.2. The van der Waals surface area contributed by atoms with Crippen LogP contribution in [0.1, 0.15) is 22.7 Å². The van der Waals surface area contributed by atoms with Crippen LogP contribution in [-0.4, -0.2) is 37.8 Å². The maximum atomic E-state index is 12.3. The lowest BCUT2D eigenvalue weighted by molar-refractivity contribution is -0.116. The number of nitrogens with one attached hydrogen (secondary N) is 1. The molecule has 2 aromatic rings. The van der Waals surface area contributed by atoms with Crippen LogP contribution in [-0.2, 0) is 16.1 Å². The minimum atomic E-state index is -0.261.